The molecule has 0 heterocycles. The molecular weight excluding hydrogens is 372 g/mol. The Balaban J connectivity index is 2.97. The van der Waals surface area contributed by atoms with Crippen molar-refractivity contribution in [2.75, 3.05) is 54.4 Å². The van der Waals surface area contributed by atoms with Gasteiger partial charge in [0.25, 0.3) is 0 Å². The normalized spacial score (nSPS) is 18.3. The van der Waals surface area contributed by atoms with E-state index < -0.39 is 11.8 Å². The lowest BCUT2D eigenvalue weighted by molar-refractivity contribution is -0.148. The quantitative estimate of drug-likeness (QED) is 0.539. The zero-order valence-electron chi connectivity index (χ0n) is 18.9. The lowest BCUT2D eigenvalue weighted by Gasteiger charge is -2.31. The zero-order valence-corrected chi connectivity index (χ0v) is 18.9. The number of amides is 4. The summed E-state index contributed by atoms with van der Waals surface area (Å²) in [6, 6.07) is 0. The van der Waals surface area contributed by atoms with Crippen molar-refractivity contribution in [3.05, 3.63) is 0 Å². The first-order valence-electron chi connectivity index (χ1n) is 10.6. The van der Waals surface area contributed by atoms with Gasteiger partial charge in [0.05, 0.1) is 13.1 Å². The summed E-state index contributed by atoms with van der Waals surface area (Å²) >= 11 is 0. The molecule has 0 aromatic carbocycles. The van der Waals surface area contributed by atoms with Gasteiger partial charge in [0.2, 0.25) is 23.6 Å². The Morgan fingerprint density at radius 3 is 1.31 bits per heavy atom. The van der Waals surface area contributed by atoms with Crippen LogP contribution in [-0.2, 0) is 19.2 Å². The number of carbonyl (C=O) groups is 4. The summed E-state index contributed by atoms with van der Waals surface area (Å²) in [5.41, 5.74) is 0. The van der Waals surface area contributed by atoms with Crippen LogP contribution in [0.1, 0.15) is 46.0 Å². The Bertz CT molecular complexity index is 541. The Morgan fingerprint density at radius 2 is 1.03 bits per heavy atom. The van der Waals surface area contributed by atoms with Crippen molar-refractivity contribution in [3.8, 4) is 0 Å². The topological polar surface area (TPSA) is 81.2 Å². The van der Waals surface area contributed by atoms with E-state index >= 15 is 0 Å². The first-order valence-corrected chi connectivity index (χ1v) is 10.6. The third-order valence-corrected chi connectivity index (χ3v) is 5.41. The van der Waals surface area contributed by atoms with Crippen LogP contribution < -0.4 is 0 Å². The van der Waals surface area contributed by atoms with Gasteiger partial charge in [-0.25, -0.2) is 0 Å². The molecular formula is C21H38N4O4. The SMILES string of the molecule is CCCN(CC(=O)N(C)C)C(=O)C1CCCC1C(=O)N(CCC)CC(=O)N(C)C. The number of likely N-dealkylation sites (N-methyl/N-ethyl adjacent to an activating group) is 2. The molecule has 2 unspecified atom stereocenters. The van der Waals surface area contributed by atoms with E-state index in [0.717, 1.165) is 19.3 Å². The third-order valence-electron chi connectivity index (χ3n) is 5.41. The number of hydrogen-bond acceptors (Lipinski definition) is 4. The molecule has 8 nitrogen and oxygen atoms in total. The first kappa shape index (κ1) is 24.9. The highest BCUT2D eigenvalue weighted by atomic mass is 16.2. The maximum absolute atomic E-state index is 13.2. The van der Waals surface area contributed by atoms with Gasteiger partial charge in [-0.05, 0) is 25.7 Å². The van der Waals surface area contributed by atoms with Crippen molar-refractivity contribution < 1.29 is 19.2 Å². The summed E-state index contributed by atoms with van der Waals surface area (Å²) in [6.45, 7) is 4.99. The molecule has 1 aliphatic carbocycles. The average molecular weight is 411 g/mol. The van der Waals surface area contributed by atoms with Gasteiger partial charge in [-0.3, -0.25) is 19.2 Å². The monoisotopic (exact) mass is 410 g/mol. The fraction of sp³-hybridized carbons (Fsp3) is 0.810. The molecule has 2 atom stereocenters. The number of hydrogen-bond donors (Lipinski definition) is 0. The molecule has 166 valence electrons. The molecule has 0 radical (unpaired) electrons. The Morgan fingerprint density at radius 1 is 0.690 bits per heavy atom. The van der Waals surface area contributed by atoms with Gasteiger partial charge in [-0.1, -0.05) is 20.3 Å². The fourth-order valence-corrected chi connectivity index (χ4v) is 3.70. The minimum absolute atomic E-state index is 0.0366. The van der Waals surface area contributed by atoms with Crippen molar-refractivity contribution in [2.24, 2.45) is 11.8 Å². The van der Waals surface area contributed by atoms with Crippen LogP contribution in [-0.4, -0.2) is 97.6 Å². The van der Waals surface area contributed by atoms with Crippen molar-refractivity contribution in [3.63, 3.8) is 0 Å². The molecule has 0 bridgehead atoms. The maximum Gasteiger partial charge on any atom is 0.241 e. The lowest BCUT2D eigenvalue weighted by Crippen LogP contribution is -2.48. The van der Waals surface area contributed by atoms with Crippen molar-refractivity contribution in [1.82, 2.24) is 19.6 Å². The highest BCUT2D eigenvalue weighted by molar-refractivity contribution is 5.92. The third kappa shape index (κ3) is 7.01. The summed E-state index contributed by atoms with van der Waals surface area (Å²) in [5.74, 6) is -1.33. The Hall–Kier alpha value is -2.12. The van der Waals surface area contributed by atoms with Gasteiger partial charge in [0, 0.05) is 53.1 Å². The number of nitrogens with zero attached hydrogens (tertiary/aromatic N) is 4. The van der Waals surface area contributed by atoms with Crippen LogP contribution in [0.15, 0.2) is 0 Å². The molecule has 1 rings (SSSR count). The standard InChI is InChI=1S/C21H38N4O4/c1-7-12-24(14-18(26)22(3)4)20(28)16-10-9-11-17(16)21(29)25(13-8-2)15-19(27)23(5)6/h16-17H,7-15H2,1-6H3. The molecule has 0 aromatic rings. The highest BCUT2D eigenvalue weighted by Crippen LogP contribution is 2.35. The molecule has 0 spiro atoms. The minimum atomic E-state index is -0.419. The zero-order chi connectivity index (χ0) is 22.1. The van der Waals surface area contributed by atoms with Crippen molar-refractivity contribution >= 4 is 23.6 Å². The van der Waals surface area contributed by atoms with Crippen molar-refractivity contribution in [2.45, 2.75) is 46.0 Å². The van der Waals surface area contributed by atoms with Gasteiger partial charge in [-0.2, -0.15) is 0 Å². The van der Waals surface area contributed by atoms with Gasteiger partial charge in [-0.15, -0.1) is 0 Å². The molecule has 1 aliphatic rings. The molecule has 0 aromatic heterocycles. The van der Waals surface area contributed by atoms with E-state index in [9.17, 15) is 19.2 Å². The summed E-state index contributed by atoms with van der Waals surface area (Å²) in [5, 5.41) is 0. The Kier molecular flexibility index (Phi) is 10.1. The van der Waals surface area contributed by atoms with E-state index in [1.807, 2.05) is 13.8 Å². The van der Waals surface area contributed by atoms with E-state index in [4.69, 9.17) is 0 Å². The fourth-order valence-electron chi connectivity index (χ4n) is 3.70. The summed E-state index contributed by atoms with van der Waals surface area (Å²) < 4.78 is 0. The van der Waals surface area contributed by atoms with Crippen LogP contribution >= 0.6 is 0 Å². The number of rotatable bonds is 10. The lowest BCUT2D eigenvalue weighted by atomic mass is 9.92. The van der Waals surface area contributed by atoms with Gasteiger partial charge >= 0.3 is 0 Å². The first-order chi connectivity index (χ1) is 13.6. The molecule has 29 heavy (non-hydrogen) atoms. The highest BCUT2D eigenvalue weighted by Gasteiger charge is 2.41. The van der Waals surface area contributed by atoms with E-state index in [1.54, 1.807) is 38.0 Å². The number of carbonyl (C=O) groups excluding carboxylic acids is 4. The van der Waals surface area contributed by atoms with Gasteiger partial charge in [0.15, 0.2) is 0 Å². The largest absolute Gasteiger partial charge is 0.347 e. The predicted octanol–water partition coefficient (Wildman–Crippen LogP) is 1.06. The molecule has 0 N–H and O–H groups in total. The molecule has 0 saturated heterocycles. The molecule has 4 amide bonds. The Labute approximate surface area is 175 Å². The van der Waals surface area contributed by atoms with Crippen LogP contribution in [0.5, 0.6) is 0 Å². The van der Waals surface area contributed by atoms with Crippen LogP contribution in [0.2, 0.25) is 0 Å². The van der Waals surface area contributed by atoms with E-state index in [2.05, 4.69) is 0 Å². The summed E-state index contributed by atoms with van der Waals surface area (Å²) in [6.07, 6.45) is 3.59. The molecule has 0 aliphatic heterocycles. The minimum Gasteiger partial charge on any atom is -0.347 e. The smallest absolute Gasteiger partial charge is 0.241 e. The van der Waals surface area contributed by atoms with Gasteiger partial charge < -0.3 is 19.6 Å². The average Bonchev–Trinajstić information content (AvgIpc) is 3.15. The molecule has 8 heteroatoms. The van der Waals surface area contributed by atoms with Crippen molar-refractivity contribution in [1.29, 1.82) is 0 Å². The van der Waals surface area contributed by atoms with E-state index in [0.29, 0.717) is 25.9 Å². The summed E-state index contributed by atoms with van der Waals surface area (Å²) in [4.78, 5) is 56.9. The molecule has 1 fully saturated rings. The van der Waals surface area contributed by atoms with Crippen LogP contribution in [0.3, 0.4) is 0 Å². The predicted molar refractivity (Wildman–Crippen MR) is 112 cm³/mol. The molecule has 1 saturated carbocycles. The van der Waals surface area contributed by atoms with E-state index in [-0.39, 0.29) is 36.7 Å². The van der Waals surface area contributed by atoms with Crippen LogP contribution in [0.25, 0.3) is 0 Å². The second kappa shape index (κ2) is 11.8. The second-order valence-electron chi connectivity index (χ2n) is 8.24. The van der Waals surface area contributed by atoms with E-state index in [1.165, 1.54) is 9.80 Å². The summed E-state index contributed by atoms with van der Waals surface area (Å²) in [7, 11) is 6.68. The van der Waals surface area contributed by atoms with Gasteiger partial charge in [0.1, 0.15) is 0 Å². The van der Waals surface area contributed by atoms with Crippen LogP contribution in [0.4, 0.5) is 0 Å². The second-order valence-corrected chi connectivity index (χ2v) is 8.24. The van der Waals surface area contributed by atoms with Crippen LogP contribution in [0, 0.1) is 11.8 Å². The maximum atomic E-state index is 13.2.